The summed E-state index contributed by atoms with van der Waals surface area (Å²) in [6.07, 6.45) is 12.4. The van der Waals surface area contributed by atoms with Crippen molar-refractivity contribution in [2.45, 2.75) is 90.4 Å². The first-order valence-corrected chi connectivity index (χ1v) is 11.9. The van der Waals surface area contributed by atoms with Crippen molar-refractivity contribution in [2.75, 3.05) is 5.32 Å². The molecule has 1 amide bonds. The van der Waals surface area contributed by atoms with Gasteiger partial charge in [-0.1, -0.05) is 51.4 Å². The van der Waals surface area contributed by atoms with Gasteiger partial charge in [0, 0.05) is 11.8 Å². The Hall–Kier alpha value is -0.970. The lowest BCUT2D eigenvalue weighted by Crippen LogP contribution is -2.48. The van der Waals surface area contributed by atoms with Crippen LogP contribution in [0, 0.1) is 29.6 Å². The van der Waals surface area contributed by atoms with Crippen LogP contribution >= 0.6 is 11.3 Å². The van der Waals surface area contributed by atoms with Crippen molar-refractivity contribution >= 4 is 22.4 Å². The first-order chi connectivity index (χ1) is 12.9. The van der Waals surface area contributed by atoms with Gasteiger partial charge in [-0.15, -0.1) is 10.2 Å². The van der Waals surface area contributed by atoms with Crippen molar-refractivity contribution < 1.29 is 4.79 Å². The van der Waals surface area contributed by atoms with E-state index in [1.54, 1.807) is 11.3 Å². The highest BCUT2D eigenvalue weighted by atomic mass is 32.1. The van der Waals surface area contributed by atoms with Gasteiger partial charge in [0.2, 0.25) is 11.0 Å². The molecule has 27 heavy (non-hydrogen) atoms. The molecule has 1 heterocycles. The molecule has 0 spiro atoms. The quantitative estimate of drug-likeness (QED) is 0.611. The number of rotatable bonds is 8. The molecule has 1 aromatic heterocycles. The van der Waals surface area contributed by atoms with Gasteiger partial charge in [0.1, 0.15) is 5.01 Å². The summed E-state index contributed by atoms with van der Waals surface area (Å²) >= 11 is 1.64. The van der Waals surface area contributed by atoms with Gasteiger partial charge in [-0.3, -0.25) is 4.79 Å². The number of nitrogens with one attached hydrogen (secondary N) is 1. The number of aromatic nitrogens is 2. The van der Waals surface area contributed by atoms with E-state index >= 15 is 0 Å². The average molecular weight is 390 g/mol. The predicted molar refractivity (Wildman–Crippen MR) is 111 cm³/mol. The van der Waals surface area contributed by atoms with Gasteiger partial charge in [0.15, 0.2) is 0 Å². The molecule has 4 saturated carbocycles. The maximum absolute atomic E-state index is 12.4. The zero-order chi connectivity index (χ0) is 19.0. The van der Waals surface area contributed by atoms with Gasteiger partial charge >= 0.3 is 0 Å². The highest BCUT2D eigenvalue weighted by molar-refractivity contribution is 7.15. The van der Waals surface area contributed by atoms with E-state index in [0.717, 1.165) is 30.1 Å². The fourth-order valence-electron chi connectivity index (χ4n) is 6.32. The van der Waals surface area contributed by atoms with Crippen molar-refractivity contribution in [2.24, 2.45) is 29.6 Å². The number of anilines is 1. The average Bonchev–Trinajstić information content (AvgIpc) is 3.02. The summed E-state index contributed by atoms with van der Waals surface area (Å²) in [5, 5.41) is 13.8. The Morgan fingerprint density at radius 3 is 2.30 bits per heavy atom. The Morgan fingerprint density at radius 1 is 1.07 bits per heavy atom. The van der Waals surface area contributed by atoms with Crippen LogP contribution in [0.4, 0.5) is 5.13 Å². The van der Waals surface area contributed by atoms with Crippen molar-refractivity contribution in [3.8, 4) is 0 Å². The lowest BCUT2D eigenvalue weighted by Gasteiger charge is -2.55. The van der Waals surface area contributed by atoms with E-state index in [1.807, 2.05) is 0 Å². The zero-order valence-corrected chi connectivity index (χ0v) is 18.0. The first kappa shape index (κ1) is 19.4. The third-order valence-electron chi connectivity index (χ3n) is 7.18. The van der Waals surface area contributed by atoms with Crippen LogP contribution in [0.1, 0.15) is 90.0 Å². The lowest BCUT2D eigenvalue weighted by molar-refractivity contribution is -0.117. The first-order valence-electron chi connectivity index (χ1n) is 11.1. The molecule has 1 unspecified atom stereocenters. The van der Waals surface area contributed by atoms with E-state index in [4.69, 9.17) is 0 Å². The smallest absolute Gasteiger partial charge is 0.226 e. The molecule has 1 atom stereocenters. The fourth-order valence-corrected chi connectivity index (χ4v) is 7.30. The van der Waals surface area contributed by atoms with E-state index in [0.29, 0.717) is 17.5 Å². The molecular formula is C22H35N3OS. The van der Waals surface area contributed by atoms with Crippen LogP contribution in [0.3, 0.4) is 0 Å². The minimum atomic E-state index is 0.0975. The van der Waals surface area contributed by atoms with Crippen LogP contribution in [0.2, 0.25) is 0 Å². The van der Waals surface area contributed by atoms with Crippen molar-refractivity contribution in [3.05, 3.63) is 5.01 Å². The monoisotopic (exact) mass is 389 g/mol. The third kappa shape index (κ3) is 4.38. The molecule has 4 fully saturated rings. The molecule has 150 valence electrons. The molecule has 0 radical (unpaired) electrons. The van der Waals surface area contributed by atoms with E-state index in [-0.39, 0.29) is 11.3 Å². The van der Waals surface area contributed by atoms with Crippen molar-refractivity contribution in [3.63, 3.8) is 0 Å². The minimum absolute atomic E-state index is 0.0975. The molecule has 0 aromatic carbocycles. The second kappa shape index (κ2) is 7.81. The SMILES string of the molecule is CC(C)CCCC(C)CC(=O)Nc1nnc(C23CC4CC(CC(C4)C2)C3)s1. The predicted octanol–water partition coefficient (Wildman–Crippen LogP) is 5.80. The molecular weight excluding hydrogens is 354 g/mol. The Balaban J connectivity index is 1.31. The maximum Gasteiger partial charge on any atom is 0.226 e. The summed E-state index contributed by atoms with van der Waals surface area (Å²) in [6, 6.07) is 0. The number of hydrogen-bond donors (Lipinski definition) is 1. The summed E-state index contributed by atoms with van der Waals surface area (Å²) < 4.78 is 0. The van der Waals surface area contributed by atoms with Crippen LogP contribution < -0.4 is 5.32 Å². The van der Waals surface area contributed by atoms with Gasteiger partial charge in [0.05, 0.1) is 0 Å². The van der Waals surface area contributed by atoms with E-state index < -0.39 is 0 Å². The zero-order valence-electron chi connectivity index (χ0n) is 17.2. The van der Waals surface area contributed by atoms with Crippen LogP contribution in [0.5, 0.6) is 0 Å². The van der Waals surface area contributed by atoms with Crippen LogP contribution in [0.15, 0.2) is 0 Å². The van der Waals surface area contributed by atoms with Crippen LogP contribution in [-0.2, 0) is 10.2 Å². The molecule has 5 heteroatoms. The Kier molecular flexibility index (Phi) is 5.59. The molecule has 4 aliphatic rings. The molecule has 0 saturated heterocycles. The van der Waals surface area contributed by atoms with Crippen molar-refractivity contribution in [1.29, 1.82) is 0 Å². The molecule has 1 aromatic rings. The number of nitrogens with zero attached hydrogens (tertiary/aromatic N) is 2. The second-order valence-electron chi connectivity index (χ2n) is 10.3. The molecule has 5 rings (SSSR count). The number of amides is 1. The Labute approximate surface area is 167 Å². The topological polar surface area (TPSA) is 54.9 Å². The fraction of sp³-hybridized carbons (Fsp3) is 0.864. The van der Waals surface area contributed by atoms with E-state index in [9.17, 15) is 4.79 Å². The number of carbonyl (C=O) groups excluding carboxylic acids is 1. The van der Waals surface area contributed by atoms with Crippen LogP contribution in [0.25, 0.3) is 0 Å². The van der Waals surface area contributed by atoms with E-state index in [2.05, 4.69) is 36.3 Å². The number of hydrogen-bond acceptors (Lipinski definition) is 4. The van der Waals surface area contributed by atoms with E-state index in [1.165, 1.54) is 56.4 Å². The molecule has 4 nitrogen and oxygen atoms in total. The maximum atomic E-state index is 12.4. The standard InChI is InChI=1S/C22H35N3OS/c1-14(2)5-4-6-15(3)7-19(26)23-21-25-24-20(27-21)22-11-16-8-17(12-22)10-18(9-16)13-22/h14-18H,4-13H2,1-3H3,(H,23,25,26). The summed E-state index contributed by atoms with van der Waals surface area (Å²) in [7, 11) is 0. The van der Waals surface area contributed by atoms with Gasteiger partial charge in [-0.2, -0.15) is 0 Å². The number of carbonyl (C=O) groups is 1. The van der Waals surface area contributed by atoms with Gasteiger partial charge < -0.3 is 5.32 Å². The highest BCUT2D eigenvalue weighted by Gasteiger charge is 2.53. The van der Waals surface area contributed by atoms with Gasteiger partial charge in [-0.05, 0) is 68.1 Å². The van der Waals surface area contributed by atoms with Gasteiger partial charge in [-0.25, -0.2) is 0 Å². The Bertz CT molecular complexity index is 633. The molecule has 0 aliphatic heterocycles. The lowest BCUT2D eigenvalue weighted by atomic mass is 9.50. The summed E-state index contributed by atoms with van der Waals surface area (Å²) in [5.74, 6) is 4.00. The summed E-state index contributed by atoms with van der Waals surface area (Å²) in [5.41, 5.74) is 0.277. The molecule has 4 aliphatic carbocycles. The second-order valence-corrected chi connectivity index (χ2v) is 11.3. The largest absolute Gasteiger partial charge is 0.301 e. The highest BCUT2D eigenvalue weighted by Crippen LogP contribution is 2.61. The third-order valence-corrected chi connectivity index (χ3v) is 8.26. The Morgan fingerprint density at radius 2 is 1.70 bits per heavy atom. The van der Waals surface area contributed by atoms with Crippen molar-refractivity contribution in [1.82, 2.24) is 10.2 Å². The summed E-state index contributed by atoms with van der Waals surface area (Å²) in [4.78, 5) is 12.4. The molecule has 1 N–H and O–H groups in total. The normalized spacial score (nSPS) is 32.8. The molecule has 4 bridgehead atoms. The van der Waals surface area contributed by atoms with Gasteiger partial charge in [0.25, 0.3) is 0 Å². The van der Waals surface area contributed by atoms with Crippen LogP contribution in [-0.4, -0.2) is 16.1 Å². The summed E-state index contributed by atoms with van der Waals surface area (Å²) in [6.45, 7) is 6.70. The minimum Gasteiger partial charge on any atom is -0.301 e.